The van der Waals surface area contributed by atoms with Gasteiger partial charge < -0.3 is 25.2 Å². The quantitative estimate of drug-likeness (QED) is 0.730. The molecule has 8 nitrogen and oxygen atoms in total. The molecule has 1 aromatic rings. The molecule has 3 rings (SSSR count). The van der Waals surface area contributed by atoms with Crippen LogP contribution in [0.4, 0.5) is 25.0 Å². The number of nitrogens with zero attached hydrogens (tertiary/aromatic N) is 2. The second-order valence-electron chi connectivity index (χ2n) is 5.77. The molecule has 3 atom stereocenters. The van der Waals surface area contributed by atoms with Crippen LogP contribution in [0.3, 0.4) is 0 Å². The monoisotopic (exact) mass is 399 g/mol. The van der Waals surface area contributed by atoms with Crippen molar-refractivity contribution < 1.29 is 33.3 Å². The van der Waals surface area contributed by atoms with E-state index in [9.17, 15) is 28.6 Å². The molecular weight excluding hydrogens is 384 g/mol. The lowest BCUT2D eigenvalue weighted by atomic mass is 10.2. The van der Waals surface area contributed by atoms with Crippen molar-refractivity contribution in [2.45, 2.75) is 24.2 Å². The van der Waals surface area contributed by atoms with Crippen molar-refractivity contribution in [1.29, 1.82) is 0 Å². The Morgan fingerprint density at radius 3 is 2.63 bits per heavy atom. The zero-order valence-electron chi connectivity index (χ0n) is 13.8. The Morgan fingerprint density at radius 2 is 1.96 bits per heavy atom. The highest BCUT2D eigenvalue weighted by atomic mass is 32.2. The number of hydrogen-bond acceptors (Lipinski definition) is 7. The smallest absolute Gasteiger partial charge is 0.414 e. The van der Waals surface area contributed by atoms with Gasteiger partial charge in [-0.25, -0.2) is 4.79 Å². The molecule has 2 aliphatic rings. The molecule has 1 saturated heterocycles. The van der Waals surface area contributed by atoms with Gasteiger partial charge in [0.2, 0.25) is 0 Å². The number of amides is 2. The number of carbonyl (C=O) groups excluding carboxylic acids is 2. The lowest BCUT2D eigenvalue weighted by Gasteiger charge is -2.46. The molecule has 1 fully saturated rings. The van der Waals surface area contributed by atoms with Gasteiger partial charge in [-0.2, -0.15) is 8.78 Å². The van der Waals surface area contributed by atoms with Gasteiger partial charge in [-0.3, -0.25) is 9.69 Å². The molecule has 1 N–H and O–H groups in total. The Bertz CT molecular complexity index is 733. The summed E-state index contributed by atoms with van der Waals surface area (Å²) in [6, 6.07) is 6.34. The van der Waals surface area contributed by atoms with Crippen molar-refractivity contribution in [3.8, 4) is 0 Å². The summed E-state index contributed by atoms with van der Waals surface area (Å²) in [5.41, 5.74) is -0.361. The van der Waals surface area contributed by atoms with Gasteiger partial charge in [0.1, 0.15) is 6.10 Å². The molecule has 2 amide bonds. The van der Waals surface area contributed by atoms with Crippen LogP contribution >= 0.6 is 11.8 Å². The summed E-state index contributed by atoms with van der Waals surface area (Å²) in [5.74, 6) is -1.43. The van der Waals surface area contributed by atoms with Gasteiger partial charge in [-0.05, 0) is 35.9 Å². The molecule has 0 spiro atoms. The fourth-order valence-corrected chi connectivity index (χ4v) is 3.25. The summed E-state index contributed by atoms with van der Waals surface area (Å²) < 4.78 is 29.4. The Kier molecular flexibility index (Phi) is 5.82. The summed E-state index contributed by atoms with van der Waals surface area (Å²) in [6.07, 6.45) is -4.50. The molecule has 2 aliphatic heterocycles. The molecule has 11 heteroatoms. The number of nitrogens with one attached hydrogen (secondary N) is 1. The van der Waals surface area contributed by atoms with E-state index in [1.54, 1.807) is 29.7 Å². The van der Waals surface area contributed by atoms with Crippen molar-refractivity contribution in [3.05, 3.63) is 35.9 Å². The van der Waals surface area contributed by atoms with Crippen LogP contribution in [0, 0.1) is 0 Å². The molecule has 2 heterocycles. The zero-order valence-corrected chi connectivity index (χ0v) is 14.6. The van der Waals surface area contributed by atoms with E-state index in [-0.39, 0.29) is 13.1 Å². The molecule has 0 aromatic heterocycles. The van der Waals surface area contributed by atoms with Gasteiger partial charge in [-0.15, -0.1) is 11.8 Å². The van der Waals surface area contributed by atoms with Crippen LogP contribution in [0.15, 0.2) is 35.9 Å². The average Bonchev–Trinajstić information content (AvgIpc) is 3.03. The van der Waals surface area contributed by atoms with Crippen LogP contribution in [0.5, 0.6) is 0 Å². The Labute approximate surface area is 157 Å². The summed E-state index contributed by atoms with van der Waals surface area (Å²) in [6.45, 7) is -0.142. The second-order valence-corrected chi connectivity index (χ2v) is 6.78. The fourth-order valence-electron chi connectivity index (χ4n) is 2.63. The van der Waals surface area contributed by atoms with Crippen molar-refractivity contribution in [2.75, 3.05) is 22.9 Å². The topological polar surface area (TPSA) is 108 Å². The van der Waals surface area contributed by atoms with Gasteiger partial charge in [0.05, 0.1) is 13.1 Å². The molecule has 0 saturated carbocycles. The van der Waals surface area contributed by atoms with Crippen LogP contribution in [0.1, 0.15) is 0 Å². The van der Waals surface area contributed by atoms with Crippen molar-refractivity contribution in [1.82, 2.24) is 5.32 Å². The van der Waals surface area contributed by atoms with Crippen LogP contribution in [-0.2, 0) is 9.53 Å². The number of thioether (sulfide) groups is 1. The molecule has 0 bridgehead atoms. The fraction of sp³-hybridized carbons (Fsp3) is 0.375. The molecule has 3 unspecified atom stereocenters. The minimum Gasteiger partial charge on any atom is -0.843 e. The third kappa shape index (κ3) is 4.31. The summed E-state index contributed by atoms with van der Waals surface area (Å²) in [5, 5.41) is 27.1. The maximum Gasteiger partial charge on any atom is 0.414 e. The van der Waals surface area contributed by atoms with Gasteiger partial charge in [0.25, 0.3) is 5.91 Å². The molecular formula is C16H15F2N3O5S-2. The van der Waals surface area contributed by atoms with E-state index in [2.05, 4.69) is 0 Å². The number of hydrogen-bond donors (Lipinski definition) is 1. The highest BCUT2D eigenvalue weighted by Crippen LogP contribution is 2.28. The van der Waals surface area contributed by atoms with Crippen LogP contribution in [0.2, 0.25) is 0 Å². The highest BCUT2D eigenvalue weighted by Gasteiger charge is 2.33. The Hall–Kier alpha value is -2.37. The predicted octanol–water partition coefficient (Wildman–Crippen LogP) is -0.210. The van der Waals surface area contributed by atoms with Gasteiger partial charge in [0.15, 0.2) is 0 Å². The van der Waals surface area contributed by atoms with E-state index in [0.29, 0.717) is 11.4 Å². The summed E-state index contributed by atoms with van der Waals surface area (Å²) in [7, 11) is 0. The molecule has 1 aromatic carbocycles. The van der Waals surface area contributed by atoms with Crippen LogP contribution in [0.25, 0.3) is 0 Å². The number of cyclic esters (lactones) is 1. The number of halogens is 2. The number of carbonyl (C=O) groups is 2. The first-order chi connectivity index (χ1) is 12.9. The van der Waals surface area contributed by atoms with Crippen LogP contribution < -0.4 is 25.3 Å². The largest absolute Gasteiger partial charge is 0.843 e. The number of benzene rings is 1. The minimum atomic E-state index is -3.13. The van der Waals surface area contributed by atoms with E-state index < -0.39 is 36.2 Å². The summed E-state index contributed by atoms with van der Waals surface area (Å²) in [4.78, 5) is 25.5. The minimum absolute atomic E-state index is 0.0781. The Morgan fingerprint density at radius 1 is 1.30 bits per heavy atom. The second kappa shape index (κ2) is 8.11. The third-order valence-electron chi connectivity index (χ3n) is 3.98. The molecule has 0 radical (unpaired) electrons. The van der Waals surface area contributed by atoms with Crippen molar-refractivity contribution in [3.63, 3.8) is 0 Å². The van der Waals surface area contributed by atoms with Gasteiger partial charge in [0, 0.05) is 17.6 Å². The van der Waals surface area contributed by atoms with E-state index in [1.165, 1.54) is 16.0 Å². The lowest BCUT2D eigenvalue weighted by Crippen LogP contribution is -2.55. The van der Waals surface area contributed by atoms with Crippen molar-refractivity contribution >= 4 is 35.1 Å². The SMILES string of the molecule is O=C(NCC1CN(c2ccc(N3C=CSC([O-])C3[O-])cc2)C(=O)O1)C(F)F. The van der Waals surface area contributed by atoms with Gasteiger partial charge >= 0.3 is 12.5 Å². The van der Waals surface area contributed by atoms with E-state index in [1.807, 2.05) is 5.32 Å². The normalized spacial score (nSPS) is 25.1. The Balaban J connectivity index is 1.63. The summed E-state index contributed by atoms with van der Waals surface area (Å²) >= 11 is 0.920. The maximum absolute atomic E-state index is 12.2. The third-order valence-corrected chi connectivity index (χ3v) is 4.76. The van der Waals surface area contributed by atoms with Gasteiger partial charge in [-0.1, -0.05) is 5.44 Å². The first-order valence-corrected chi connectivity index (χ1v) is 8.87. The lowest BCUT2D eigenvalue weighted by molar-refractivity contribution is -0.504. The highest BCUT2D eigenvalue weighted by molar-refractivity contribution is 8.02. The zero-order chi connectivity index (χ0) is 19.6. The average molecular weight is 399 g/mol. The maximum atomic E-state index is 12.2. The molecule has 0 aliphatic carbocycles. The van der Waals surface area contributed by atoms with Crippen LogP contribution in [-0.4, -0.2) is 49.3 Å². The molecule has 146 valence electrons. The number of alkyl halides is 2. The van der Waals surface area contributed by atoms with Crippen molar-refractivity contribution in [2.24, 2.45) is 0 Å². The number of anilines is 2. The number of rotatable bonds is 5. The van der Waals surface area contributed by atoms with E-state index in [0.717, 1.165) is 11.8 Å². The molecule has 27 heavy (non-hydrogen) atoms. The van der Waals surface area contributed by atoms with E-state index in [4.69, 9.17) is 4.74 Å². The first kappa shape index (κ1) is 19.4. The standard InChI is InChI=1S/C16H15F2N3O5S/c17-12(18)13(22)19-7-11-8-21(16(25)26-11)10-3-1-9(2-4-10)20-5-6-27-15(24)14(20)23/h1-6,11-12,14-15H,7-8H2,(H,19,22)/q-2. The first-order valence-electron chi connectivity index (χ1n) is 7.93. The van der Waals surface area contributed by atoms with E-state index >= 15 is 0 Å². The number of ether oxygens (including phenoxy) is 1. The predicted molar refractivity (Wildman–Crippen MR) is 89.9 cm³/mol.